The molecule has 11 heteroatoms. The van der Waals surface area contributed by atoms with Gasteiger partial charge in [0.15, 0.2) is 0 Å². The molecule has 0 saturated carbocycles. The summed E-state index contributed by atoms with van der Waals surface area (Å²) in [7, 11) is -5.20. The Morgan fingerprint density at radius 2 is 1.47 bits per heavy atom. The molecule has 0 aliphatic rings. The largest absolute Gasteiger partial charge is 0.418 e. The van der Waals surface area contributed by atoms with Gasteiger partial charge in [-0.2, -0.15) is 26.3 Å². The van der Waals surface area contributed by atoms with Crippen LogP contribution in [0.25, 0.3) is 0 Å². The first-order chi connectivity index (χ1) is 8.26. The van der Waals surface area contributed by atoms with Crippen molar-refractivity contribution in [2.24, 2.45) is 5.14 Å². The van der Waals surface area contributed by atoms with Crippen LogP contribution in [0.5, 0.6) is 0 Å². The maximum atomic E-state index is 12.7. The highest BCUT2D eigenvalue weighted by molar-refractivity contribution is 14.1. The first kappa shape index (κ1) is 16.5. The molecule has 1 aromatic rings. The number of alkyl halides is 6. The SMILES string of the molecule is NS(=O)(=O)c1c(C(F)(F)F)ccc(I)c1C(F)(F)F. The Hall–Kier alpha value is -0.560. The lowest BCUT2D eigenvalue weighted by Crippen LogP contribution is -2.25. The van der Waals surface area contributed by atoms with Gasteiger partial charge < -0.3 is 0 Å². The molecule has 19 heavy (non-hydrogen) atoms. The van der Waals surface area contributed by atoms with Crippen molar-refractivity contribution in [2.45, 2.75) is 17.2 Å². The van der Waals surface area contributed by atoms with E-state index in [1.807, 2.05) is 0 Å². The first-order valence-electron chi connectivity index (χ1n) is 4.26. The molecule has 3 nitrogen and oxygen atoms in total. The molecule has 0 amide bonds. The molecule has 0 atom stereocenters. The van der Waals surface area contributed by atoms with Gasteiger partial charge in [0.1, 0.15) is 4.90 Å². The van der Waals surface area contributed by atoms with E-state index in [0.717, 1.165) is 22.6 Å². The van der Waals surface area contributed by atoms with Crippen LogP contribution in [0.4, 0.5) is 26.3 Å². The molecule has 1 aromatic carbocycles. The highest BCUT2D eigenvalue weighted by Crippen LogP contribution is 2.43. The molecule has 1 rings (SSSR count). The van der Waals surface area contributed by atoms with Crippen molar-refractivity contribution in [2.75, 3.05) is 0 Å². The Morgan fingerprint density at radius 1 is 1.00 bits per heavy atom. The van der Waals surface area contributed by atoms with Crippen molar-refractivity contribution in [3.63, 3.8) is 0 Å². The Morgan fingerprint density at radius 3 is 1.79 bits per heavy atom. The molecule has 0 fully saturated rings. The molecule has 0 aliphatic carbocycles. The van der Waals surface area contributed by atoms with Crippen molar-refractivity contribution in [1.82, 2.24) is 0 Å². The Balaban J connectivity index is 3.94. The van der Waals surface area contributed by atoms with E-state index in [-0.39, 0.29) is 6.07 Å². The van der Waals surface area contributed by atoms with E-state index in [4.69, 9.17) is 0 Å². The summed E-state index contributed by atoms with van der Waals surface area (Å²) in [4.78, 5) is -1.96. The van der Waals surface area contributed by atoms with Crippen molar-refractivity contribution in [3.8, 4) is 0 Å². The molecule has 0 heterocycles. The summed E-state index contributed by atoms with van der Waals surface area (Å²) in [5.41, 5.74) is -3.85. The van der Waals surface area contributed by atoms with Crippen LogP contribution in [0.1, 0.15) is 11.1 Å². The number of nitrogens with two attached hydrogens (primary N) is 1. The standard InChI is InChI=1S/C8H4F6INO2S/c9-7(10,11)3-1-2-4(15)5(8(12,13)14)6(3)19(16,17)18/h1-2H,(H2,16,17,18). The number of hydrogen-bond acceptors (Lipinski definition) is 2. The van der Waals surface area contributed by atoms with E-state index < -0.39 is 42.0 Å². The molecule has 0 aliphatic heterocycles. The second-order valence-electron chi connectivity index (χ2n) is 3.34. The quantitative estimate of drug-likeness (QED) is 0.563. The topological polar surface area (TPSA) is 60.2 Å². The molecule has 0 unspecified atom stereocenters. The predicted molar refractivity (Wildman–Crippen MR) is 60.5 cm³/mol. The van der Waals surface area contributed by atoms with Gasteiger partial charge in [-0.15, -0.1) is 0 Å². The zero-order valence-electron chi connectivity index (χ0n) is 8.60. The van der Waals surface area contributed by atoms with Gasteiger partial charge in [0.25, 0.3) is 0 Å². The second kappa shape index (κ2) is 4.77. The molecular formula is C8H4F6INO2S. The van der Waals surface area contributed by atoms with E-state index in [9.17, 15) is 34.8 Å². The van der Waals surface area contributed by atoms with Crippen LogP contribution in [0.3, 0.4) is 0 Å². The number of primary sulfonamides is 1. The minimum atomic E-state index is -5.28. The molecule has 0 bridgehead atoms. The third kappa shape index (κ3) is 3.51. The highest BCUT2D eigenvalue weighted by atomic mass is 127. The average molecular weight is 419 g/mol. The van der Waals surface area contributed by atoms with Crippen LogP contribution in [-0.2, 0) is 22.4 Å². The monoisotopic (exact) mass is 419 g/mol. The second-order valence-corrected chi connectivity index (χ2v) is 6.00. The molecule has 0 radical (unpaired) electrons. The summed E-state index contributed by atoms with van der Waals surface area (Å²) in [5.74, 6) is 0. The average Bonchev–Trinajstić information content (AvgIpc) is 2.11. The predicted octanol–water partition coefficient (Wildman–Crippen LogP) is 2.98. The molecule has 0 saturated heterocycles. The van der Waals surface area contributed by atoms with Gasteiger partial charge in [0, 0.05) is 3.57 Å². The highest BCUT2D eigenvalue weighted by Gasteiger charge is 2.45. The number of halogens is 7. The third-order valence-corrected chi connectivity index (χ3v) is 3.87. The van der Waals surface area contributed by atoms with Crippen molar-refractivity contribution in [3.05, 3.63) is 26.8 Å². The molecule has 108 valence electrons. The molecular weight excluding hydrogens is 415 g/mol. The summed E-state index contributed by atoms with van der Waals surface area (Å²) >= 11 is 1.09. The molecule has 0 spiro atoms. The van der Waals surface area contributed by atoms with Crippen LogP contribution in [0, 0.1) is 3.57 Å². The van der Waals surface area contributed by atoms with Crippen LogP contribution in [0.2, 0.25) is 0 Å². The summed E-state index contributed by atoms with van der Waals surface area (Å²) in [6.45, 7) is 0. The Kier molecular flexibility index (Phi) is 4.14. The fourth-order valence-corrected chi connectivity index (χ4v) is 3.28. The minimum absolute atomic E-state index is 0.247. The van der Waals surface area contributed by atoms with Gasteiger partial charge in [-0.1, -0.05) is 0 Å². The van der Waals surface area contributed by atoms with Gasteiger partial charge in [-0.05, 0) is 34.7 Å². The lowest BCUT2D eigenvalue weighted by atomic mass is 10.1. The Labute approximate surface area is 117 Å². The third-order valence-electron chi connectivity index (χ3n) is 1.98. The van der Waals surface area contributed by atoms with E-state index in [2.05, 4.69) is 5.14 Å². The summed E-state index contributed by atoms with van der Waals surface area (Å²) in [6, 6.07) is 0.775. The lowest BCUT2D eigenvalue weighted by molar-refractivity contribution is -0.148. The fraction of sp³-hybridized carbons (Fsp3) is 0.250. The zero-order chi connectivity index (χ0) is 15.2. The number of hydrogen-bond donors (Lipinski definition) is 1. The van der Waals surface area contributed by atoms with Crippen molar-refractivity contribution >= 4 is 32.6 Å². The van der Waals surface area contributed by atoms with Crippen LogP contribution < -0.4 is 5.14 Å². The van der Waals surface area contributed by atoms with Gasteiger partial charge >= 0.3 is 12.4 Å². The summed E-state index contributed by atoms with van der Waals surface area (Å²) < 4.78 is 97.4. The molecule has 2 N–H and O–H groups in total. The summed E-state index contributed by atoms with van der Waals surface area (Å²) in [6.07, 6.45) is -10.5. The Bertz CT molecular complexity index is 607. The van der Waals surface area contributed by atoms with Gasteiger partial charge in [0.2, 0.25) is 10.0 Å². The van der Waals surface area contributed by atoms with Crippen molar-refractivity contribution in [1.29, 1.82) is 0 Å². The number of rotatable bonds is 1. The maximum absolute atomic E-state index is 12.7. The normalized spacial score (nSPS) is 13.7. The van der Waals surface area contributed by atoms with E-state index in [1.165, 1.54) is 0 Å². The molecule has 0 aromatic heterocycles. The van der Waals surface area contributed by atoms with Gasteiger partial charge in [-0.25, -0.2) is 13.6 Å². The lowest BCUT2D eigenvalue weighted by Gasteiger charge is -2.18. The van der Waals surface area contributed by atoms with E-state index in [1.54, 1.807) is 0 Å². The van der Waals surface area contributed by atoms with Crippen LogP contribution >= 0.6 is 22.6 Å². The van der Waals surface area contributed by atoms with Crippen LogP contribution in [0.15, 0.2) is 17.0 Å². The number of benzene rings is 1. The van der Waals surface area contributed by atoms with E-state index in [0.29, 0.717) is 6.07 Å². The fourth-order valence-electron chi connectivity index (χ4n) is 1.34. The zero-order valence-corrected chi connectivity index (χ0v) is 11.6. The van der Waals surface area contributed by atoms with Crippen molar-refractivity contribution < 1.29 is 34.8 Å². The smallest absolute Gasteiger partial charge is 0.225 e. The number of sulfonamides is 1. The summed E-state index contributed by atoms with van der Waals surface area (Å²) in [5, 5.41) is 4.49. The maximum Gasteiger partial charge on any atom is 0.418 e. The van der Waals surface area contributed by atoms with Crippen LogP contribution in [-0.4, -0.2) is 8.42 Å². The van der Waals surface area contributed by atoms with Gasteiger partial charge in [-0.3, -0.25) is 0 Å². The van der Waals surface area contributed by atoms with Gasteiger partial charge in [0.05, 0.1) is 11.1 Å². The minimum Gasteiger partial charge on any atom is -0.225 e. The van der Waals surface area contributed by atoms with E-state index >= 15 is 0 Å². The first-order valence-corrected chi connectivity index (χ1v) is 6.88.